The Kier molecular flexibility index (Phi) is 5.83. The molecule has 2 aromatic carbocycles. The quantitative estimate of drug-likeness (QED) is 0.318. The van der Waals surface area contributed by atoms with Crippen molar-refractivity contribution < 1.29 is 13.9 Å². The van der Waals surface area contributed by atoms with Crippen LogP contribution in [-0.4, -0.2) is 17.3 Å². The highest BCUT2D eigenvalue weighted by Gasteiger charge is 2.34. The Bertz CT molecular complexity index is 1320. The molecule has 0 unspecified atom stereocenters. The molecule has 1 amide bonds. The molecule has 1 saturated heterocycles. The lowest BCUT2D eigenvalue weighted by Gasteiger charge is -2.15. The summed E-state index contributed by atoms with van der Waals surface area (Å²) in [4.78, 5) is 27.4. The van der Waals surface area contributed by atoms with Gasteiger partial charge < -0.3 is 9.15 Å². The van der Waals surface area contributed by atoms with E-state index in [1.54, 1.807) is 18.2 Å². The van der Waals surface area contributed by atoms with Crippen LogP contribution in [-0.2, 0) is 4.79 Å². The van der Waals surface area contributed by atoms with Gasteiger partial charge in [-0.3, -0.25) is 14.5 Å². The summed E-state index contributed by atoms with van der Waals surface area (Å²) in [5.74, 6) is 0.0994. The van der Waals surface area contributed by atoms with E-state index in [1.807, 2.05) is 0 Å². The van der Waals surface area contributed by atoms with E-state index in [9.17, 15) is 9.59 Å². The zero-order chi connectivity index (χ0) is 21.6. The van der Waals surface area contributed by atoms with Crippen molar-refractivity contribution in [3.8, 4) is 5.75 Å². The molecule has 2 heterocycles. The molecular weight excluding hydrogens is 489 g/mol. The summed E-state index contributed by atoms with van der Waals surface area (Å²) in [6, 6.07) is 7.86. The number of anilines is 1. The molecule has 1 aliphatic rings. The first-order valence-corrected chi connectivity index (χ1v) is 10.7. The molecule has 4 rings (SSSR count). The number of carbonyl (C=O) groups excluding carboxylic acids is 1. The maximum absolute atomic E-state index is 13.0. The number of carbonyl (C=O) groups is 1. The molecule has 152 valence electrons. The fourth-order valence-corrected chi connectivity index (χ4v) is 4.99. The van der Waals surface area contributed by atoms with Crippen LogP contribution in [0.25, 0.3) is 17.0 Å². The average Bonchev–Trinajstić information content (AvgIpc) is 2.97. The van der Waals surface area contributed by atoms with E-state index < -0.39 is 0 Å². The van der Waals surface area contributed by atoms with Crippen molar-refractivity contribution in [1.29, 1.82) is 0 Å². The van der Waals surface area contributed by atoms with Crippen molar-refractivity contribution in [2.45, 2.75) is 0 Å². The molecule has 0 radical (unpaired) electrons. The number of fused-ring (bicyclic) bond motifs is 1. The predicted molar refractivity (Wildman–Crippen MR) is 126 cm³/mol. The van der Waals surface area contributed by atoms with Crippen molar-refractivity contribution in [1.82, 2.24) is 0 Å². The molecule has 1 aliphatic heterocycles. The minimum atomic E-state index is -0.380. The summed E-state index contributed by atoms with van der Waals surface area (Å²) >= 11 is 24.7. The molecule has 30 heavy (non-hydrogen) atoms. The van der Waals surface area contributed by atoms with E-state index in [4.69, 9.17) is 56.2 Å². The lowest BCUT2D eigenvalue weighted by Crippen LogP contribution is -2.27. The van der Waals surface area contributed by atoms with Crippen molar-refractivity contribution in [2.24, 2.45) is 0 Å². The first kappa shape index (κ1) is 21.2. The minimum absolute atomic E-state index is 0.175. The van der Waals surface area contributed by atoms with Gasteiger partial charge in [0.1, 0.15) is 12.0 Å². The van der Waals surface area contributed by atoms with Gasteiger partial charge in [-0.15, -0.1) is 0 Å². The number of thiocarbonyl (C=S) groups is 1. The third-order valence-electron chi connectivity index (χ3n) is 4.29. The Morgan fingerprint density at radius 3 is 2.60 bits per heavy atom. The van der Waals surface area contributed by atoms with Crippen LogP contribution in [0.1, 0.15) is 5.56 Å². The molecule has 0 spiro atoms. The number of methoxy groups -OCH3 is 1. The number of rotatable bonds is 3. The van der Waals surface area contributed by atoms with Crippen LogP contribution >= 0.6 is 58.8 Å². The highest BCUT2D eigenvalue weighted by Crippen LogP contribution is 2.38. The maximum Gasteiger partial charge on any atom is 0.270 e. The van der Waals surface area contributed by atoms with Crippen LogP contribution in [0.4, 0.5) is 5.69 Å². The Morgan fingerprint density at radius 2 is 1.90 bits per heavy atom. The van der Waals surface area contributed by atoms with Crippen molar-refractivity contribution in [2.75, 3.05) is 12.0 Å². The Hall–Kier alpha value is -2.03. The standard InChI is InChI=1S/C20H10Cl3NO4S2/c1-27-15-3-2-11(7-13(15)22)24-19(26)16(30-20(24)29)4-9-8-28-18-12(17(9)25)5-10(21)6-14(18)23/h2-8H,1H3/b16-4-. The zero-order valence-corrected chi connectivity index (χ0v) is 19.0. The van der Waals surface area contributed by atoms with Gasteiger partial charge in [0.05, 0.1) is 38.7 Å². The molecule has 0 bridgehead atoms. The Morgan fingerprint density at radius 1 is 1.13 bits per heavy atom. The van der Waals surface area contributed by atoms with Gasteiger partial charge in [0.2, 0.25) is 0 Å². The molecule has 0 aliphatic carbocycles. The number of amides is 1. The fourth-order valence-electron chi connectivity index (χ4n) is 2.91. The molecule has 3 aromatic rings. The zero-order valence-electron chi connectivity index (χ0n) is 15.1. The lowest BCUT2D eigenvalue weighted by atomic mass is 10.1. The van der Waals surface area contributed by atoms with E-state index in [2.05, 4.69) is 0 Å². The van der Waals surface area contributed by atoms with E-state index in [1.165, 1.54) is 36.5 Å². The van der Waals surface area contributed by atoms with Crippen LogP contribution < -0.4 is 15.1 Å². The normalized spacial score (nSPS) is 15.5. The number of hydrogen-bond donors (Lipinski definition) is 0. The van der Waals surface area contributed by atoms with E-state index >= 15 is 0 Å². The van der Waals surface area contributed by atoms with E-state index in [-0.39, 0.29) is 37.8 Å². The summed E-state index contributed by atoms with van der Waals surface area (Å²) in [7, 11) is 1.50. The third kappa shape index (κ3) is 3.72. The number of nitrogens with zero attached hydrogens (tertiary/aromatic N) is 1. The lowest BCUT2D eigenvalue weighted by molar-refractivity contribution is -0.113. The summed E-state index contributed by atoms with van der Waals surface area (Å²) in [5, 5.41) is 1.10. The number of ether oxygens (including phenoxy) is 1. The van der Waals surface area contributed by atoms with Gasteiger partial charge in [-0.2, -0.15) is 0 Å². The van der Waals surface area contributed by atoms with E-state index in [0.29, 0.717) is 25.8 Å². The topological polar surface area (TPSA) is 59.8 Å². The first-order chi connectivity index (χ1) is 14.3. The largest absolute Gasteiger partial charge is 0.495 e. The van der Waals surface area contributed by atoms with Crippen molar-refractivity contribution in [3.63, 3.8) is 0 Å². The van der Waals surface area contributed by atoms with Crippen molar-refractivity contribution in [3.05, 3.63) is 72.4 Å². The second-order valence-corrected chi connectivity index (χ2v) is 9.05. The molecule has 10 heteroatoms. The number of benzene rings is 2. The number of halogens is 3. The first-order valence-electron chi connectivity index (χ1n) is 8.32. The second kappa shape index (κ2) is 8.24. The summed E-state index contributed by atoms with van der Waals surface area (Å²) in [5.41, 5.74) is 0.534. The van der Waals surface area contributed by atoms with Gasteiger partial charge in [-0.25, -0.2) is 0 Å². The van der Waals surface area contributed by atoms with Gasteiger partial charge >= 0.3 is 0 Å². The average molecular weight is 499 g/mol. The molecule has 1 fully saturated rings. The van der Waals surface area contributed by atoms with Crippen LogP contribution in [0.2, 0.25) is 15.1 Å². The Labute approximate surface area is 195 Å². The van der Waals surface area contributed by atoms with Crippen molar-refractivity contribution >= 4 is 91.7 Å². The fraction of sp³-hybridized carbons (Fsp3) is 0.0500. The van der Waals surface area contributed by atoms with Crippen LogP contribution in [0, 0.1) is 0 Å². The monoisotopic (exact) mass is 497 g/mol. The van der Waals surface area contributed by atoms with Gasteiger partial charge in [-0.05, 0) is 36.4 Å². The minimum Gasteiger partial charge on any atom is -0.495 e. The second-order valence-electron chi connectivity index (χ2n) is 6.12. The number of thioether (sulfide) groups is 1. The SMILES string of the molecule is COc1ccc(N2C(=O)/C(=C/c3coc4c(Cl)cc(Cl)cc4c3=O)SC2=S)cc1Cl. The number of hydrogen-bond acceptors (Lipinski definition) is 6. The highest BCUT2D eigenvalue weighted by atomic mass is 35.5. The van der Waals surface area contributed by atoms with Gasteiger partial charge in [0.15, 0.2) is 15.3 Å². The maximum atomic E-state index is 13.0. The van der Waals surface area contributed by atoms with Crippen LogP contribution in [0.15, 0.2) is 50.7 Å². The third-order valence-corrected chi connectivity index (χ3v) is 6.39. The van der Waals surface area contributed by atoms with Crippen LogP contribution in [0.5, 0.6) is 5.75 Å². The molecular formula is C20H10Cl3NO4S2. The van der Waals surface area contributed by atoms with Crippen LogP contribution in [0.3, 0.4) is 0 Å². The van der Waals surface area contributed by atoms with Gasteiger partial charge in [0, 0.05) is 5.02 Å². The molecule has 5 nitrogen and oxygen atoms in total. The summed E-state index contributed by atoms with van der Waals surface area (Å²) in [6.07, 6.45) is 2.69. The Balaban J connectivity index is 1.75. The summed E-state index contributed by atoms with van der Waals surface area (Å²) in [6.45, 7) is 0. The van der Waals surface area contributed by atoms with Gasteiger partial charge in [0.25, 0.3) is 5.91 Å². The molecule has 0 atom stereocenters. The predicted octanol–water partition coefficient (Wildman–Crippen LogP) is 6.17. The smallest absolute Gasteiger partial charge is 0.270 e. The van der Waals surface area contributed by atoms with E-state index in [0.717, 1.165) is 11.8 Å². The molecule has 1 aromatic heterocycles. The summed E-state index contributed by atoms with van der Waals surface area (Å²) < 4.78 is 10.9. The molecule has 0 saturated carbocycles. The molecule has 0 N–H and O–H groups in total. The highest BCUT2D eigenvalue weighted by molar-refractivity contribution is 8.27. The van der Waals surface area contributed by atoms with Gasteiger partial charge in [-0.1, -0.05) is 58.8 Å².